The zero-order valence-corrected chi connectivity index (χ0v) is 9.34. The van der Waals surface area contributed by atoms with Crippen molar-refractivity contribution < 1.29 is 5.11 Å². The van der Waals surface area contributed by atoms with Gasteiger partial charge in [0.15, 0.2) is 0 Å². The molecule has 1 fully saturated rings. The zero-order valence-electron chi connectivity index (χ0n) is 9.34. The van der Waals surface area contributed by atoms with E-state index in [-0.39, 0.29) is 6.61 Å². The molecule has 2 heterocycles. The van der Waals surface area contributed by atoms with Crippen LogP contribution in [0.5, 0.6) is 0 Å². The largest absolute Gasteiger partial charge is 0.396 e. The quantitative estimate of drug-likeness (QED) is 0.761. The van der Waals surface area contributed by atoms with Crippen molar-refractivity contribution in [3.63, 3.8) is 0 Å². The van der Waals surface area contributed by atoms with E-state index in [1.807, 2.05) is 0 Å². The van der Waals surface area contributed by atoms with Crippen molar-refractivity contribution in [1.29, 1.82) is 0 Å². The summed E-state index contributed by atoms with van der Waals surface area (Å²) in [6.07, 6.45) is 5.69. The molecule has 0 aliphatic carbocycles. The summed E-state index contributed by atoms with van der Waals surface area (Å²) in [6.45, 7) is 2.54. The van der Waals surface area contributed by atoms with Gasteiger partial charge in [-0.3, -0.25) is 4.98 Å². The second-order valence-corrected chi connectivity index (χ2v) is 4.21. The van der Waals surface area contributed by atoms with Crippen molar-refractivity contribution in [3.8, 4) is 0 Å². The molecule has 0 amide bonds. The first-order chi connectivity index (χ1) is 7.83. The summed E-state index contributed by atoms with van der Waals surface area (Å²) in [4.78, 5) is 10.8. The smallest absolute Gasteiger partial charge is 0.147 e. The van der Waals surface area contributed by atoms with Gasteiger partial charge in [0.2, 0.25) is 0 Å². The minimum absolute atomic E-state index is 0.255. The van der Waals surface area contributed by atoms with Crippen LogP contribution in [-0.4, -0.2) is 34.8 Å². The number of aliphatic hydroxyl groups excluding tert-OH is 1. The molecule has 2 rings (SSSR count). The first kappa shape index (κ1) is 11.3. The van der Waals surface area contributed by atoms with Gasteiger partial charge in [-0.05, 0) is 18.8 Å². The highest BCUT2D eigenvalue weighted by molar-refractivity contribution is 5.36. The third kappa shape index (κ3) is 2.48. The second kappa shape index (κ2) is 5.23. The lowest BCUT2D eigenvalue weighted by molar-refractivity contribution is 0.208. The van der Waals surface area contributed by atoms with Crippen LogP contribution in [0.2, 0.25) is 0 Å². The highest BCUT2D eigenvalue weighted by Gasteiger charge is 2.20. The summed E-state index contributed by atoms with van der Waals surface area (Å²) >= 11 is 0. The Morgan fingerprint density at radius 2 is 2.31 bits per heavy atom. The number of hydrogen-bond donors (Lipinski definition) is 2. The molecule has 1 unspecified atom stereocenters. The Morgan fingerprint density at radius 1 is 1.44 bits per heavy atom. The first-order valence-electron chi connectivity index (χ1n) is 5.70. The minimum Gasteiger partial charge on any atom is -0.396 e. The van der Waals surface area contributed by atoms with Crippen LogP contribution in [0.3, 0.4) is 0 Å². The van der Waals surface area contributed by atoms with Crippen LogP contribution in [0.1, 0.15) is 18.5 Å². The SMILES string of the molecule is NCc1cnc(N2CCCC(CO)C2)cn1. The van der Waals surface area contributed by atoms with E-state index < -0.39 is 0 Å². The van der Waals surface area contributed by atoms with E-state index in [0.717, 1.165) is 37.4 Å². The molecule has 1 aromatic heterocycles. The Kier molecular flexibility index (Phi) is 3.69. The third-order valence-corrected chi connectivity index (χ3v) is 3.00. The minimum atomic E-state index is 0.255. The van der Waals surface area contributed by atoms with Crippen LogP contribution >= 0.6 is 0 Å². The molecule has 0 saturated carbocycles. The van der Waals surface area contributed by atoms with Crippen molar-refractivity contribution in [1.82, 2.24) is 9.97 Å². The summed E-state index contributed by atoms with van der Waals surface area (Å²) in [7, 11) is 0. The Morgan fingerprint density at radius 3 is 2.94 bits per heavy atom. The van der Waals surface area contributed by atoms with Gasteiger partial charge >= 0.3 is 0 Å². The normalized spacial score (nSPS) is 21.1. The maximum Gasteiger partial charge on any atom is 0.147 e. The average Bonchev–Trinajstić information content (AvgIpc) is 2.39. The fourth-order valence-electron chi connectivity index (χ4n) is 2.04. The van der Waals surface area contributed by atoms with Gasteiger partial charge in [0.25, 0.3) is 0 Å². The number of nitrogens with two attached hydrogens (primary N) is 1. The van der Waals surface area contributed by atoms with E-state index in [9.17, 15) is 0 Å². The monoisotopic (exact) mass is 222 g/mol. The van der Waals surface area contributed by atoms with Gasteiger partial charge in [0.1, 0.15) is 5.82 Å². The van der Waals surface area contributed by atoms with Crippen LogP contribution in [0.15, 0.2) is 12.4 Å². The maximum absolute atomic E-state index is 9.16. The maximum atomic E-state index is 9.16. The Hall–Kier alpha value is -1.20. The topological polar surface area (TPSA) is 75.3 Å². The van der Waals surface area contributed by atoms with E-state index in [0.29, 0.717) is 12.5 Å². The number of aliphatic hydroxyl groups is 1. The summed E-state index contributed by atoms with van der Waals surface area (Å²) in [5.74, 6) is 1.25. The molecule has 1 atom stereocenters. The summed E-state index contributed by atoms with van der Waals surface area (Å²) < 4.78 is 0. The molecular formula is C11H18N4O. The van der Waals surface area contributed by atoms with E-state index in [2.05, 4.69) is 14.9 Å². The molecule has 88 valence electrons. The number of aromatic nitrogens is 2. The van der Waals surface area contributed by atoms with Crippen molar-refractivity contribution in [3.05, 3.63) is 18.1 Å². The van der Waals surface area contributed by atoms with Gasteiger partial charge in [-0.15, -0.1) is 0 Å². The number of piperidine rings is 1. The molecule has 16 heavy (non-hydrogen) atoms. The molecule has 0 spiro atoms. The fourth-order valence-corrected chi connectivity index (χ4v) is 2.04. The van der Waals surface area contributed by atoms with Crippen molar-refractivity contribution >= 4 is 5.82 Å². The molecule has 0 aromatic carbocycles. The standard InChI is InChI=1S/C11H18N4O/c12-4-10-5-14-11(6-13-10)15-3-1-2-9(7-15)8-16/h5-6,9,16H,1-4,7-8,12H2. The fraction of sp³-hybridized carbons (Fsp3) is 0.636. The molecule has 5 nitrogen and oxygen atoms in total. The zero-order chi connectivity index (χ0) is 11.4. The van der Waals surface area contributed by atoms with Gasteiger partial charge in [0.05, 0.1) is 18.1 Å². The summed E-state index contributed by atoms with van der Waals surface area (Å²) in [5.41, 5.74) is 6.28. The predicted octanol–water partition coefficient (Wildman–Crippen LogP) is 0.144. The predicted molar refractivity (Wildman–Crippen MR) is 61.9 cm³/mol. The van der Waals surface area contributed by atoms with Gasteiger partial charge in [-0.1, -0.05) is 0 Å². The summed E-state index contributed by atoms with van der Waals surface area (Å²) in [5, 5.41) is 9.16. The molecule has 1 aliphatic rings. The third-order valence-electron chi connectivity index (χ3n) is 3.00. The van der Waals surface area contributed by atoms with Gasteiger partial charge in [-0.2, -0.15) is 0 Å². The second-order valence-electron chi connectivity index (χ2n) is 4.21. The molecule has 1 aromatic rings. The van der Waals surface area contributed by atoms with E-state index in [4.69, 9.17) is 10.8 Å². The molecule has 0 radical (unpaired) electrons. The summed E-state index contributed by atoms with van der Waals surface area (Å²) in [6, 6.07) is 0. The van der Waals surface area contributed by atoms with Crippen molar-refractivity contribution in [2.45, 2.75) is 19.4 Å². The average molecular weight is 222 g/mol. The molecule has 0 bridgehead atoms. The lowest BCUT2D eigenvalue weighted by Gasteiger charge is -2.32. The van der Waals surface area contributed by atoms with Gasteiger partial charge < -0.3 is 15.7 Å². The van der Waals surface area contributed by atoms with Crippen molar-refractivity contribution in [2.75, 3.05) is 24.6 Å². The van der Waals surface area contributed by atoms with E-state index in [1.54, 1.807) is 12.4 Å². The molecular weight excluding hydrogens is 204 g/mol. The molecule has 5 heteroatoms. The number of hydrogen-bond acceptors (Lipinski definition) is 5. The Bertz CT molecular complexity index is 327. The highest BCUT2D eigenvalue weighted by Crippen LogP contribution is 2.20. The first-order valence-corrected chi connectivity index (χ1v) is 5.70. The van der Waals surface area contributed by atoms with Crippen LogP contribution < -0.4 is 10.6 Å². The van der Waals surface area contributed by atoms with Crippen LogP contribution in [0.4, 0.5) is 5.82 Å². The Labute approximate surface area is 95.3 Å². The van der Waals surface area contributed by atoms with Crippen LogP contribution in [0.25, 0.3) is 0 Å². The van der Waals surface area contributed by atoms with Gasteiger partial charge in [0, 0.05) is 26.2 Å². The number of nitrogens with zero attached hydrogens (tertiary/aromatic N) is 3. The van der Waals surface area contributed by atoms with Crippen molar-refractivity contribution in [2.24, 2.45) is 11.7 Å². The molecule has 3 N–H and O–H groups in total. The van der Waals surface area contributed by atoms with E-state index >= 15 is 0 Å². The molecule has 1 saturated heterocycles. The van der Waals surface area contributed by atoms with E-state index in [1.165, 1.54) is 0 Å². The van der Waals surface area contributed by atoms with Crippen LogP contribution in [-0.2, 0) is 6.54 Å². The number of rotatable bonds is 3. The molecule has 1 aliphatic heterocycles. The lowest BCUT2D eigenvalue weighted by atomic mass is 9.99. The Balaban J connectivity index is 2.05. The van der Waals surface area contributed by atoms with Crippen LogP contribution in [0, 0.1) is 5.92 Å². The number of anilines is 1. The highest BCUT2D eigenvalue weighted by atomic mass is 16.3. The van der Waals surface area contributed by atoms with Gasteiger partial charge in [-0.25, -0.2) is 4.98 Å². The lowest BCUT2D eigenvalue weighted by Crippen LogP contribution is -2.37.